The van der Waals surface area contributed by atoms with Gasteiger partial charge < -0.3 is 0 Å². The van der Waals surface area contributed by atoms with E-state index in [9.17, 15) is 4.39 Å². The van der Waals surface area contributed by atoms with Crippen LogP contribution >= 0.6 is 0 Å². The lowest BCUT2D eigenvalue weighted by Crippen LogP contribution is -2.11. The maximum atomic E-state index is 13.6. The first kappa shape index (κ1) is 10.7. The van der Waals surface area contributed by atoms with Crippen LogP contribution in [0.25, 0.3) is 0 Å². The summed E-state index contributed by atoms with van der Waals surface area (Å²) in [6.45, 7) is 4.40. The SMILES string of the molecule is CC(C)Cc1ccc(F)c(C2CCC2)c1. The monoisotopic (exact) mass is 206 g/mol. The number of rotatable bonds is 3. The summed E-state index contributed by atoms with van der Waals surface area (Å²) in [6, 6.07) is 5.65. The highest BCUT2D eigenvalue weighted by Gasteiger charge is 2.22. The summed E-state index contributed by atoms with van der Waals surface area (Å²) < 4.78 is 13.6. The van der Waals surface area contributed by atoms with E-state index in [1.54, 1.807) is 6.07 Å². The largest absolute Gasteiger partial charge is 0.207 e. The minimum absolute atomic E-state index is 0.00722. The Morgan fingerprint density at radius 3 is 2.60 bits per heavy atom. The third-order valence-electron chi connectivity index (χ3n) is 3.25. The molecule has 0 saturated heterocycles. The van der Waals surface area contributed by atoms with Gasteiger partial charge in [0.05, 0.1) is 0 Å². The van der Waals surface area contributed by atoms with Crippen LogP contribution in [0.1, 0.15) is 50.2 Å². The van der Waals surface area contributed by atoms with Gasteiger partial charge in [-0.15, -0.1) is 0 Å². The molecule has 0 spiro atoms. The molecule has 1 aromatic carbocycles. The van der Waals surface area contributed by atoms with E-state index in [-0.39, 0.29) is 5.82 Å². The van der Waals surface area contributed by atoms with Crippen molar-refractivity contribution in [2.24, 2.45) is 5.92 Å². The van der Waals surface area contributed by atoms with Gasteiger partial charge in [0.15, 0.2) is 0 Å². The topological polar surface area (TPSA) is 0 Å². The quantitative estimate of drug-likeness (QED) is 0.692. The molecule has 1 fully saturated rings. The fourth-order valence-corrected chi connectivity index (χ4v) is 2.22. The van der Waals surface area contributed by atoms with Crippen molar-refractivity contribution in [3.05, 3.63) is 35.1 Å². The second-order valence-corrected chi connectivity index (χ2v) is 5.08. The molecule has 1 aliphatic carbocycles. The Hall–Kier alpha value is -0.850. The van der Waals surface area contributed by atoms with Crippen molar-refractivity contribution >= 4 is 0 Å². The lowest BCUT2D eigenvalue weighted by molar-refractivity contribution is 0.403. The van der Waals surface area contributed by atoms with E-state index in [2.05, 4.69) is 19.9 Å². The minimum atomic E-state index is -0.00722. The van der Waals surface area contributed by atoms with Gasteiger partial charge in [-0.25, -0.2) is 4.39 Å². The maximum absolute atomic E-state index is 13.6. The van der Waals surface area contributed by atoms with Crippen LogP contribution in [0.2, 0.25) is 0 Å². The van der Waals surface area contributed by atoms with E-state index < -0.39 is 0 Å². The van der Waals surface area contributed by atoms with Gasteiger partial charge in [0.2, 0.25) is 0 Å². The first-order chi connectivity index (χ1) is 7.16. The zero-order valence-electron chi connectivity index (χ0n) is 9.59. The number of halogens is 1. The summed E-state index contributed by atoms with van der Waals surface area (Å²) in [6.07, 6.45) is 4.66. The molecule has 0 aliphatic heterocycles. The lowest BCUT2D eigenvalue weighted by atomic mass is 9.79. The van der Waals surface area contributed by atoms with Gasteiger partial charge in [-0.1, -0.05) is 32.4 Å². The zero-order chi connectivity index (χ0) is 10.8. The molecule has 0 aromatic heterocycles. The second-order valence-electron chi connectivity index (χ2n) is 5.08. The summed E-state index contributed by atoms with van der Waals surface area (Å²) >= 11 is 0. The lowest BCUT2D eigenvalue weighted by Gasteiger charge is -2.26. The van der Waals surface area contributed by atoms with Gasteiger partial charge in [-0.2, -0.15) is 0 Å². The number of hydrogen-bond acceptors (Lipinski definition) is 0. The molecular formula is C14H19F. The fourth-order valence-electron chi connectivity index (χ4n) is 2.22. The fraction of sp³-hybridized carbons (Fsp3) is 0.571. The summed E-state index contributed by atoms with van der Waals surface area (Å²) in [5.41, 5.74) is 2.24. The highest BCUT2D eigenvalue weighted by molar-refractivity contribution is 5.29. The predicted octanol–water partition coefficient (Wildman–Crippen LogP) is 4.29. The van der Waals surface area contributed by atoms with Crippen LogP contribution in [0.4, 0.5) is 4.39 Å². The second kappa shape index (κ2) is 4.34. The van der Waals surface area contributed by atoms with E-state index >= 15 is 0 Å². The zero-order valence-corrected chi connectivity index (χ0v) is 9.59. The van der Waals surface area contributed by atoms with Crippen LogP contribution in [0.3, 0.4) is 0 Å². The molecule has 0 heterocycles. The van der Waals surface area contributed by atoms with Crippen molar-refractivity contribution in [3.63, 3.8) is 0 Å². The molecule has 0 bridgehead atoms. The molecule has 1 aromatic rings. The molecule has 1 aliphatic rings. The molecule has 0 N–H and O–H groups in total. The Morgan fingerprint density at radius 1 is 1.33 bits per heavy atom. The average molecular weight is 206 g/mol. The molecule has 15 heavy (non-hydrogen) atoms. The van der Waals surface area contributed by atoms with Crippen molar-refractivity contribution in [1.29, 1.82) is 0 Å². The predicted molar refractivity (Wildman–Crippen MR) is 61.5 cm³/mol. The molecule has 1 saturated carbocycles. The van der Waals surface area contributed by atoms with Crippen LogP contribution in [-0.4, -0.2) is 0 Å². The van der Waals surface area contributed by atoms with Gasteiger partial charge in [0.1, 0.15) is 5.82 Å². The smallest absolute Gasteiger partial charge is 0.126 e. The molecule has 2 rings (SSSR count). The normalized spacial score (nSPS) is 16.8. The number of hydrogen-bond donors (Lipinski definition) is 0. The third-order valence-corrected chi connectivity index (χ3v) is 3.25. The standard InChI is InChI=1S/C14H19F/c1-10(2)8-11-6-7-14(15)13(9-11)12-4-3-5-12/h6-7,9-10,12H,3-5,8H2,1-2H3. The van der Waals surface area contributed by atoms with Crippen molar-refractivity contribution in [1.82, 2.24) is 0 Å². The Labute approximate surface area is 91.5 Å². The number of benzene rings is 1. The summed E-state index contributed by atoms with van der Waals surface area (Å²) in [5, 5.41) is 0. The molecule has 82 valence electrons. The van der Waals surface area contributed by atoms with Gasteiger partial charge in [0.25, 0.3) is 0 Å². The average Bonchev–Trinajstić information content (AvgIpc) is 2.07. The molecule has 0 amide bonds. The first-order valence-corrected chi connectivity index (χ1v) is 5.95. The Kier molecular flexibility index (Phi) is 3.08. The van der Waals surface area contributed by atoms with Crippen LogP contribution in [-0.2, 0) is 6.42 Å². The highest BCUT2D eigenvalue weighted by atomic mass is 19.1. The van der Waals surface area contributed by atoms with E-state index in [0.717, 1.165) is 12.0 Å². The van der Waals surface area contributed by atoms with Crippen LogP contribution in [0, 0.1) is 11.7 Å². The highest BCUT2D eigenvalue weighted by Crippen LogP contribution is 2.38. The van der Waals surface area contributed by atoms with Crippen LogP contribution < -0.4 is 0 Å². The van der Waals surface area contributed by atoms with Crippen LogP contribution in [0.5, 0.6) is 0 Å². The first-order valence-electron chi connectivity index (χ1n) is 5.95. The van der Waals surface area contributed by atoms with Gasteiger partial charge in [-0.3, -0.25) is 0 Å². The Bertz CT molecular complexity index is 337. The van der Waals surface area contributed by atoms with Crippen molar-refractivity contribution in [2.75, 3.05) is 0 Å². The third kappa shape index (κ3) is 2.39. The Balaban J connectivity index is 2.20. The minimum Gasteiger partial charge on any atom is -0.207 e. The van der Waals surface area contributed by atoms with Gasteiger partial charge >= 0.3 is 0 Å². The maximum Gasteiger partial charge on any atom is 0.126 e. The summed E-state index contributed by atoms with van der Waals surface area (Å²) in [7, 11) is 0. The van der Waals surface area contributed by atoms with Gasteiger partial charge in [-0.05, 0) is 48.3 Å². The molecule has 1 heteroatoms. The molecular weight excluding hydrogens is 187 g/mol. The van der Waals surface area contributed by atoms with E-state index in [1.807, 2.05) is 6.07 Å². The molecule has 0 atom stereocenters. The summed E-state index contributed by atoms with van der Waals surface area (Å²) in [5.74, 6) is 1.13. The molecule has 0 unspecified atom stereocenters. The van der Waals surface area contributed by atoms with Crippen molar-refractivity contribution in [2.45, 2.75) is 45.4 Å². The van der Waals surface area contributed by atoms with Gasteiger partial charge in [0, 0.05) is 0 Å². The van der Waals surface area contributed by atoms with E-state index in [4.69, 9.17) is 0 Å². The van der Waals surface area contributed by atoms with Crippen molar-refractivity contribution < 1.29 is 4.39 Å². The molecule has 0 radical (unpaired) electrons. The van der Waals surface area contributed by atoms with Crippen molar-refractivity contribution in [3.8, 4) is 0 Å². The van der Waals surface area contributed by atoms with Crippen LogP contribution in [0.15, 0.2) is 18.2 Å². The Morgan fingerprint density at radius 2 is 2.07 bits per heavy atom. The molecule has 0 nitrogen and oxygen atoms in total. The summed E-state index contributed by atoms with van der Waals surface area (Å²) in [4.78, 5) is 0. The van der Waals surface area contributed by atoms with E-state index in [0.29, 0.717) is 11.8 Å². The van der Waals surface area contributed by atoms with E-state index in [1.165, 1.54) is 24.8 Å².